The molecule has 14 heavy (non-hydrogen) atoms. The van der Waals surface area contributed by atoms with Crippen molar-refractivity contribution in [2.45, 2.75) is 24.9 Å². The van der Waals surface area contributed by atoms with Crippen LogP contribution in [0, 0.1) is 0 Å². The van der Waals surface area contributed by atoms with Gasteiger partial charge in [0.2, 0.25) is 0 Å². The molecule has 0 aliphatic rings. The summed E-state index contributed by atoms with van der Waals surface area (Å²) in [6, 6.07) is 0.332. The number of nitrogens with one attached hydrogen (secondary N) is 1. The molecular formula is C8H16F3NS2. The van der Waals surface area contributed by atoms with Gasteiger partial charge in [0.05, 0.1) is 0 Å². The summed E-state index contributed by atoms with van der Waals surface area (Å²) in [5, 5.41) is 3.10. The lowest BCUT2D eigenvalue weighted by atomic mass is 10.2. The Morgan fingerprint density at radius 1 is 1.36 bits per heavy atom. The van der Waals surface area contributed by atoms with E-state index in [2.05, 4.69) is 5.32 Å². The topological polar surface area (TPSA) is 12.0 Å². The molecule has 0 fully saturated rings. The minimum atomic E-state index is -4.09. The van der Waals surface area contributed by atoms with Crippen LogP contribution in [0.5, 0.6) is 0 Å². The van der Waals surface area contributed by atoms with E-state index in [-0.39, 0.29) is 17.5 Å². The molecule has 0 aromatic heterocycles. The van der Waals surface area contributed by atoms with Crippen LogP contribution in [-0.2, 0) is 0 Å². The zero-order chi connectivity index (χ0) is 11.0. The molecule has 6 heteroatoms. The largest absolute Gasteiger partial charge is 0.441 e. The number of hydrogen-bond donors (Lipinski definition) is 1. The summed E-state index contributed by atoms with van der Waals surface area (Å²) in [6.07, 6.45) is 2.95. The van der Waals surface area contributed by atoms with Crippen LogP contribution in [-0.4, -0.2) is 35.9 Å². The lowest BCUT2D eigenvalue weighted by molar-refractivity contribution is -0.0327. The third-order valence-corrected chi connectivity index (χ3v) is 3.13. The Balaban J connectivity index is 3.42. The molecule has 0 aliphatic carbocycles. The Kier molecular flexibility index (Phi) is 7.95. The third kappa shape index (κ3) is 9.02. The summed E-state index contributed by atoms with van der Waals surface area (Å²) in [5.41, 5.74) is -4.09. The van der Waals surface area contributed by atoms with Gasteiger partial charge in [0.25, 0.3) is 0 Å². The van der Waals surface area contributed by atoms with Gasteiger partial charge >= 0.3 is 5.51 Å². The molecule has 0 saturated heterocycles. The smallest absolute Gasteiger partial charge is 0.312 e. The van der Waals surface area contributed by atoms with E-state index in [0.717, 1.165) is 12.2 Å². The van der Waals surface area contributed by atoms with Gasteiger partial charge in [0.15, 0.2) is 0 Å². The van der Waals surface area contributed by atoms with E-state index in [0.29, 0.717) is 12.6 Å². The zero-order valence-electron chi connectivity index (χ0n) is 8.36. The van der Waals surface area contributed by atoms with Gasteiger partial charge in [-0.1, -0.05) is 6.92 Å². The SMILES string of the molecule is CCC(CSC)NCCSC(F)(F)F. The van der Waals surface area contributed by atoms with Gasteiger partial charge in [-0.25, -0.2) is 0 Å². The zero-order valence-corrected chi connectivity index (χ0v) is 9.99. The maximum atomic E-state index is 11.7. The molecule has 0 spiro atoms. The monoisotopic (exact) mass is 247 g/mol. The van der Waals surface area contributed by atoms with Crippen molar-refractivity contribution in [2.24, 2.45) is 0 Å². The molecule has 1 N–H and O–H groups in total. The van der Waals surface area contributed by atoms with Crippen molar-refractivity contribution in [1.29, 1.82) is 0 Å². The predicted molar refractivity (Wildman–Crippen MR) is 59.0 cm³/mol. The fourth-order valence-electron chi connectivity index (χ4n) is 0.952. The van der Waals surface area contributed by atoms with Gasteiger partial charge in [-0.2, -0.15) is 24.9 Å². The van der Waals surface area contributed by atoms with E-state index in [1.165, 1.54) is 0 Å². The summed E-state index contributed by atoms with van der Waals surface area (Å²) in [7, 11) is 0. The van der Waals surface area contributed by atoms with Crippen molar-refractivity contribution in [1.82, 2.24) is 5.32 Å². The van der Waals surface area contributed by atoms with Crippen LogP contribution in [0.1, 0.15) is 13.3 Å². The second kappa shape index (κ2) is 7.70. The van der Waals surface area contributed by atoms with Crippen LogP contribution < -0.4 is 5.32 Å². The first kappa shape index (κ1) is 14.5. The Bertz CT molecular complexity index is 141. The Morgan fingerprint density at radius 3 is 2.43 bits per heavy atom. The van der Waals surface area contributed by atoms with Crippen LogP contribution in [0.4, 0.5) is 13.2 Å². The van der Waals surface area contributed by atoms with Gasteiger partial charge < -0.3 is 5.32 Å². The van der Waals surface area contributed by atoms with E-state index < -0.39 is 5.51 Å². The molecule has 0 aromatic carbocycles. The summed E-state index contributed by atoms with van der Waals surface area (Å²) in [4.78, 5) is 0. The normalized spacial score (nSPS) is 14.4. The number of rotatable bonds is 7. The Morgan fingerprint density at radius 2 is 2.00 bits per heavy atom. The second-order valence-electron chi connectivity index (χ2n) is 2.81. The van der Waals surface area contributed by atoms with Gasteiger partial charge in [0, 0.05) is 24.1 Å². The van der Waals surface area contributed by atoms with Crippen LogP contribution >= 0.6 is 23.5 Å². The van der Waals surface area contributed by atoms with Crippen molar-refractivity contribution < 1.29 is 13.2 Å². The highest BCUT2D eigenvalue weighted by Gasteiger charge is 2.27. The molecule has 0 rings (SSSR count). The average molecular weight is 247 g/mol. The van der Waals surface area contributed by atoms with Crippen molar-refractivity contribution in [3.63, 3.8) is 0 Å². The van der Waals surface area contributed by atoms with Crippen LogP contribution in [0.15, 0.2) is 0 Å². The second-order valence-corrected chi connectivity index (χ2v) is 4.88. The predicted octanol–water partition coefficient (Wildman–Crippen LogP) is 2.97. The summed E-state index contributed by atoms with van der Waals surface area (Å²) in [6.45, 7) is 2.45. The van der Waals surface area contributed by atoms with Crippen LogP contribution in [0.25, 0.3) is 0 Å². The van der Waals surface area contributed by atoms with E-state index in [4.69, 9.17) is 0 Å². The summed E-state index contributed by atoms with van der Waals surface area (Å²) < 4.78 is 35.2. The molecule has 0 heterocycles. The Hall–Kier alpha value is 0.450. The van der Waals surface area contributed by atoms with Crippen molar-refractivity contribution in [3.05, 3.63) is 0 Å². The summed E-state index contributed by atoms with van der Waals surface area (Å²) in [5.74, 6) is 1.04. The fraction of sp³-hybridized carbons (Fsp3) is 1.00. The molecule has 1 nitrogen and oxygen atoms in total. The maximum Gasteiger partial charge on any atom is 0.441 e. The number of alkyl halides is 3. The van der Waals surface area contributed by atoms with Gasteiger partial charge in [-0.3, -0.25) is 0 Å². The quantitative estimate of drug-likeness (QED) is 0.695. The van der Waals surface area contributed by atoms with Crippen LogP contribution in [0.2, 0.25) is 0 Å². The first-order valence-corrected chi connectivity index (χ1v) is 6.80. The van der Waals surface area contributed by atoms with Crippen molar-refractivity contribution in [2.75, 3.05) is 24.3 Å². The molecule has 0 aliphatic heterocycles. The number of hydrogen-bond acceptors (Lipinski definition) is 3. The molecule has 86 valence electrons. The highest BCUT2D eigenvalue weighted by Crippen LogP contribution is 2.29. The first-order chi connectivity index (χ1) is 6.49. The number of halogens is 3. The molecule has 0 aromatic rings. The first-order valence-electron chi connectivity index (χ1n) is 4.42. The van der Waals surface area contributed by atoms with E-state index in [9.17, 15) is 13.2 Å². The highest BCUT2D eigenvalue weighted by molar-refractivity contribution is 8.00. The van der Waals surface area contributed by atoms with Gasteiger partial charge in [-0.05, 0) is 24.4 Å². The molecule has 0 radical (unpaired) electrons. The third-order valence-electron chi connectivity index (χ3n) is 1.66. The average Bonchev–Trinajstić information content (AvgIpc) is 2.08. The van der Waals surface area contributed by atoms with Crippen molar-refractivity contribution >= 4 is 23.5 Å². The lowest BCUT2D eigenvalue weighted by Gasteiger charge is -2.15. The summed E-state index contributed by atoms with van der Waals surface area (Å²) >= 11 is 1.74. The molecule has 1 unspecified atom stereocenters. The molecular weight excluding hydrogens is 231 g/mol. The standard InChI is InChI=1S/C8H16F3NS2/c1-3-7(6-13-2)12-4-5-14-8(9,10)11/h7,12H,3-6H2,1-2H3. The van der Waals surface area contributed by atoms with Gasteiger partial charge in [0.1, 0.15) is 0 Å². The maximum absolute atomic E-state index is 11.7. The highest BCUT2D eigenvalue weighted by atomic mass is 32.2. The minimum Gasteiger partial charge on any atom is -0.312 e. The van der Waals surface area contributed by atoms with E-state index in [1.54, 1.807) is 11.8 Å². The molecule has 1 atom stereocenters. The fourth-order valence-corrected chi connectivity index (χ4v) is 2.16. The Labute approximate surface area is 91.6 Å². The van der Waals surface area contributed by atoms with Crippen LogP contribution in [0.3, 0.4) is 0 Å². The lowest BCUT2D eigenvalue weighted by Crippen LogP contribution is -2.32. The molecule has 0 amide bonds. The minimum absolute atomic E-state index is 0.0348. The number of thioether (sulfide) groups is 2. The van der Waals surface area contributed by atoms with Gasteiger partial charge in [-0.15, -0.1) is 0 Å². The van der Waals surface area contributed by atoms with E-state index in [1.807, 2.05) is 13.2 Å². The molecule has 0 saturated carbocycles. The van der Waals surface area contributed by atoms with Crippen molar-refractivity contribution in [3.8, 4) is 0 Å². The van der Waals surface area contributed by atoms with E-state index >= 15 is 0 Å². The molecule has 0 bridgehead atoms.